The maximum atomic E-state index is 12.4. The zero-order valence-corrected chi connectivity index (χ0v) is 11.4. The van der Waals surface area contributed by atoms with E-state index in [1.54, 1.807) is 0 Å². The van der Waals surface area contributed by atoms with Crippen molar-refractivity contribution in [1.29, 1.82) is 0 Å². The molecule has 0 saturated carbocycles. The molecule has 0 spiro atoms. The van der Waals surface area contributed by atoms with Crippen molar-refractivity contribution in [2.45, 2.75) is 19.0 Å². The van der Waals surface area contributed by atoms with Crippen molar-refractivity contribution >= 4 is 5.69 Å². The summed E-state index contributed by atoms with van der Waals surface area (Å²) in [7, 11) is 0. The highest BCUT2D eigenvalue weighted by Gasteiger charge is 2.29. The van der Waals surface area contributed by atoms with Gasteiger partial charge in [-0.15, -0.1) is 0 Å². The lowest BCUT2D eigenvalue weighted by Crippen LogP contribution is -2.05. The Morgan fingerprint density at radius 3 is 2.10 bits per heavy atom. The van der Waals surface area contributed by atoms with Gasteiger partial charge in [0, 0.05) is 5.69 Å². The van der Waals surface area contributed by atoms with Gasteiger partial charge < -0.3 is 10.5 Å². The molecule has 2 rings (SSSR count). The van der Waals surface area contributed by atoms with Crippen molar-refractivity contribution in [3.05, 3.63) is 59.7 Å². The van der Waals surface area contributed by atoms with Crippen LogP contribution in [0, 0.1) is 0 Å². The molecule has 0 fully saturated rings. The molecule has 0 aromatic heterocycles. The minimum Gasteiger partial charge on any atom is -0.494 e. The molecule has 0 unspecified atom stereocenters. The Kier molecular flexibility index (Phi) is 4.73. The number of hydrogen-bond donors (Lipinski definition) is 1. The normalized spacial score (nSPS) is 11.4. The highest BCUT2D eigenvalue weighted by Crippen LogP contribution is 2.30. The number of halogens is 3. The van der Waals surface area contributed by atoms with Crippen molar-refractivity contribution in [1.82, 2.24) is 0 Å². The molecule has 112 valence electrons. The second-order valence-electron chi connectivity index (χ2n) is 4.72. The molecule has 21 heavy (non-hydrogen) atoms. The van der Waals surface area contributed by atoms with Gasteiger partial charge in [-0.1, -0.05) is 12.1 Å². The van der Waals surface area contributed by atoms with Gasteiger partial charge >= 0.3 is 6.18 Å². The fourth-order valence-corrected chi connectivity index (χ4v) is 1.89. The Bertz CT molecular complexity index is 562. The number of ether oxygens (including phenoxy) is 1. The van der Waals surface area contributed by atoms with Crippen LogP contribution >= 0.6 is 0 Å². The largest absolute Gasteiger partial charge is 0.494 e. The molecule has 0 heterocycles. The van der Waals surface area contributed by atoms with E-state index >= 15 is 0 Å². The number of nitrogens with two attached hydrogens (primary N) is 1. The molecule has 0 aliphatic rings. The smallest absolute Gasteiger partial charge is 0.416 e. The summed E-state index contributed by atoms with van der Waals surface area (Å²) in [5.41, 5.74) is 6.80. The average molecular weight is 295 g/mol. The van der Waals surface area contributed by atoms with E-state index in [-0.39, 0.29) is 0 Å². The number of anilines is 1. The fraction of sp³-hybridized carbons (Fsp3) is 0.250. The lowest BCUT2D eigenvalue weighted by Gasteiger charge is -2.09. The molecule has 0 atom stereocenters. The van der Waals surface area contributed by atoms with Gasteiger partial charge in [0.2, 0.25) is 0 Å². The summed E-state index contributed by atoms with van der Waals surface area (Å²) >= 11 is 0. The van der Waals surface area contributed by atoms with Crippen LogP contribution in [0.3, 0.4) is 0 Å². The second kappa shape index (κ2) is 6.52. The molecule has 0 amide bonds. The summed E-state index contributed by atoms with van der Waals surface area (Å²) < 4.78 is 42.6. The highest BCUT2D eigenvalue weighted by molar-refractivity contribution is 5.39. The van der Waals surface area contributed by atoms with E-state index in [1.165, 1.54) is 12.1 Å². The molecular weight excluding hydrogens is 279 g/mol. The van der Waals surface area contributed by atoms with E-state index in [4.69, 9.17) is 10.5 Å². The highest BCUT2D eigenvalue weighted by atomic mass is 19.4. The quantitative estimate of drug-likeness (QED) is 0.659. The Morgan fingerprint density at radius 1 is 0.905 bits per heavy atom. The van der Waals surface area contributed by atoms with Gasteiger partial charge in [-0.2, -0.15) is 13.2 Å². The zero-order chi connectivity index (χ0) is 15.3. The SMILES string of the molecule is Nc1ccc(CCCOc2ccc(C(F)(F)F)cc2)cc1. The minimum absolute atomic E-state index is 0.445. The van der Waals surface area contributed by atoms with E-state index in [1.807, 2.05) is 24.3 Å². The van der Waals surface area contributed by atoms with E-state index in [0.29, 0.717) is 12.4 Å². The van der Waals surface area contributed by atoms with Crippen LogP contribution in [-0.2, 0) is 12.6 Å². The maximum absolute atomic E-state index is 12.4. The first-order chi connectivity index (χ1) is 9.95. The van der Waals surface area contributed by atoms with Crippen LogP contribution in [0.1, 0.15) is 17.5 Å². The third-order valence-corrected chi connectivity index (χ3v) is 3.04. The van der Waals surface area contributed by atoms with Crippen molar-refractivity contribution in [3.8, 4) is 5.75 Å². The van der Waals surface area contributed by atoms with Crippen LogP contribution in [0.15, 0.2) is 48.5 Å². The van der Waals surface area contributed by atoms with Crippen LogP contribution in [-0.4, -0.2) is 6.61 Å². The molecule has 0 radical (unpaired) electrons. The van der Waals surface area contributed by atoms with Crippen LogP contribution in [0.5, 0.6) is 5.75 Å². The number of rotatable bonds is 5. The number of aryl methyl sites for hydroxylation is 1. The van der Waals surface area contributed by atoms with E-state index in [2.05, 4.69) is 0 Å². The lowest BCUT2D eigenvalue weighted by molar-refractivity contribution is -0.137. The summed E-state index contributed by atoms with van der Waals surface area (Å²) in [6.07, 6.45) is -2.69. The maximum Gasteiger partial charge on any atom is 0.416 e. The van der Waals surface area contributed by atoms with Gasteiger partial charge in [0.15, 0.2) is 0 Å². The van der Waals surface area contributed by atoms with Crippen molar-refractivity contribution in [3.63, 3.8) is 0 Å². The predicted octanol–water partition coefficient (Wildman–Crippen LogP) is 4.30. The molecule has 0 bridgehead atoms. The Morgan fingerprint density at radius 2 is 1.52 bits per heavy atom. The van der Waals surface area contributed by atoms with Crippen molar-refractivity contribution in [2.24, 2.45) is 0 Å². The third-order valence-electron chi connectivity index (χ3n) is 3.04. The second-order valence-corrected chi connectivity index (χ2v) is 4.72. The standard InChI is InChI=1S/C16H16F3NO/c17-16(18,19)13-5-9-15(10-6-13)21-11-1-2-12-3-7-14(20)8-4-12/h3-10H,1-2,11,20H2. The van der Waals surface area contributed by atoms with Crippen molar-refractivity contribution < 1.29 is 17.9 Å². The summed E-state index contributed by atoms with van der Waals surface area (Å²) in [4.78, 5) is 0. The molecule has 0 aliphatic heterocycles. The van der Waals surface area contributed by atoms with Gasteiger partial charge in [-0.3, -0.25) is 0 Å². The minimum atomic E-state index is -4.31. The summed E-state index contributed by atoms with van der Waals surface area (Å²) in [5, 5.41) is 0. The molecule has 2 N–H and O–H groups in total. The van der Waals surface area contributed by atoms with Crippen LogP contribution in [0.2, 0.25) is 0 Å². The topological polar surface area (TPSA) is 35.2 Å². The van der Waals surface area contributed by atoms with Gasteiger partial charge in [-0.05, 0) is 54.8 Å². The zero-order valence-electron chi connectivity index (χ0n) is 11.4. The monoisotopic (exact) mass is 295 g/mol. The fourth-order valence-electron chi connectivity index (χ4n) is 1.89. The Hall–Kier alpha value is -2.17. The molecule has 0 saturated heterocycles. The number of hydrogen-bond acceptors (Lipinski definition) is 2. The first-order valence-corrected chi connectivity index (χ1v) is 6.59. The number of benzene rings is 2. The number of nitrogen functional groups attached to an aromatic ring is 1. The van der Waals surface area contributed by atoms with Gasteiger partial charge in [0.05, 0.1) is 12.2 Å². The lowest BCUT2D eigenvalue weighted by atomic mass is 10.1. The van der Waals surface area contributed by atoms with E-state index in [9.17, 15) is 13.2 Å². The average Bonchev–Trinajstić information content (AvgIpc) is 2.45. The van der Waals surface area contributed by atoms with E-state index < -0.39 is 11.7 Å². The van der Waals surface area contributed by atoms with Crippen LogP contribution in [0.25, 0.3) is 0 Å². The summed E-state index contributed by atoms with van der Waals surface area (Å²) in [6.45, 7) is 0.454. The van der Waals surface area contributed by atoms with Crippen molar-refractivity contribution in [2.75, 3.05) is 12.3 Å². The molecule has 2 nitrogen and oxygen atoms in total. The van der Waals surface area contributed by atoms with Crippen LogP contribution < -0.4 is 10.5 Å². The van der Waals surface area contributed by atoms with Gasteiger partial charge in [-0.25, -0.2) is 0 Å². The third kappa shape index (κ3) is 4.70. The Balaban J connectivity index is 1.77. The summed E-state index contributed by atoms with van der Waals surface area (Å²) in [5.74, 6) is 0.445. The molecule has 2 aromatic rings. The van der Waals surface area contributed by atoms with Gasteiger partial charge in [0.25, 0.3) is 0 Å². The molecule has 5 heteroatoms. The van der Waals surface area contributed by atoms with E-state index in [0.717, 1.165) is 36.2 Å². The predicted molar refractivity (Wildman–Crippen MR) is 76.1 cm³/mol. The first kappa shape index (κ1) is 15.2. The molecule has 0 aliphatic carbocycles. The van der Waals surface area contributed by atoms with Crippen LogP contribution in [0.4, 0.5) is 18.9 Å². The molecule has 2 aromatic carbocycles. The number of alkyl halides is 3. The molecular formula is C16H16F3NO. The first-order valence-electron chi connectivity index (χ1n) is 6.59. The van der Waals surface area contributed by atoms with Gasteiger partial charge in [0.1, 0.15) is 5.75 Å². The summed E-state index contributed by atoms with van der Waals surface area (Å²) in [6, 6.07) is 12.3. The Labute approximate surface area is 121 Å².